The molecule has 1 aromatic heterocycles. The van der Waals surface area contributed by atoms with Gasteiger partial charge in [-0.15, -0.1) is 0 Å². The summed E-state index contributed by atoms with van der Waals surface area (Å²) in [5.74, 6) is 0.725. The van der Waals surface area contributed by atoms with E-state index in [0.29, 0.717) is 17.9 Å². The summed E-state index contributed by atoms with van der Waals surface area (Å²) < 4.78 is 6.01. The third-order valence-electron chi connectivity index (χ3n) is 3.58. The number of pyridine rings is 1. The smallest absolute Gasteiger partial charge is 0.129 e. The molecule has 17 heavy (non-hydrogen) atoms. The van der Waals surface area contributed by atoms with Crippen molar-refractivity contribution in [2.24, 2.45) is 5.92 Å². The summed E-state index contributed by atoms with van der Waals surface area (Å²) >= 11 is 5.86. The lowest BCUT2D eigenvalue weighted by molar-refractivity contribution is -0.0234. The van der Waals surface area contributed by atoms with E-state index in [1.165, 1.54) is 32.1 Å². The maximum atomic E-state index is 6.01. The van der Waals surface area contributed by atoms with Gasteiger partial charge in [0.05, 0.1) is 18.4 Å². The molecule has 1 aromatic rings. The minimum Gasteiger partial charge on any atom is -0.372 e. The van der Waals surface area contributed by atoms with Crippen molar-refractivity contribution >= 4 is 11.6 Å². The van der Waals surface area contributed by atoms with E-state index in [-0.39, 0.29) is 0 Å². The second-order valence-corrected chi connectivity index (χ2v) is 5.14. The average Bonchev–Trinajstić information content (AvgIpc) is 2.37. The van der Waals surface area contributed by atoms with E-state index in [1.54, 1.807) is 6.07 Å². The number of aromatic nitrogens is 1. The van der Waals surface area contributed by atoms with Crippen LogP contribution in [0, 0.1) is 5.92 Å². The van der Waals surface area contributed by atoms with Crippen LogP contribution in [0.2, 0.25) is 5.15 Å². The maximum Gasteiger partial charge on any atom is 0.129 e. The van der Waals surface area contributed by atoms with E-state index in [0.717, 1.165) is 11.6 Å². The molecule has 0 aliphatic heterocycles. The number of ether oxygens (including phenoxy) is 1. The minimum absolute atomic E-state index is 0.412. The molecule has 2 nitrogen and oxygen atoms in total. The van der Waals surface area contributed by atoms with E-state index in [1.807, 2.05) is 12.1 Å². The van der Waals surface area contributed by atoms with Crippen LogP contribution in [0.15, 0.2) is 18.2 Å². The van der Waals surface area contributed by atoms with Gasteiger partial charge in [-0.25, -0.2) is 4.98 Å². The third-order valence-corrected chi connectivity index (χ3v) is 3.79. The van der Waals surface area contributed by atoms with Gasteiger partial charge in [0.25, 0.3) is 0 Å². The summed E-state index contributed by atoms with van der Waals surface area (Å²) in [5.41, 5.74) is 0.929. The summed E-state index contributed by atoms with van der Waals surface area (Å²) in [6, 6.07) is 5.68. The molecule has 3 heteroatoms. The van der Waals surface area contributed by atoms with Crippen LogP contribution in [0.1, 0.15) is 44.7 Å². The van der Waals surface area contributed by atoms with Gasteiger partial charge in [0, 0.05) is 0 Å². The molecule has 94 valence electrons. The van der Waals surface area contributed by atoms with Crippen molar-refractivity contribution in [1.29, 1.82) is 0 Å². The highest BCUT2D eigenvalue weighted by Gasteiger charge is 2.24. The van der Waals surface area contributed by atoms with E-state index in [9.17, 15) is 0 Å². The number of halogens is 1. The zero-order chi connectivity index (χ0) is 12.1. The highest BCUT2D eigenvalue weighted by atomic mass is 35.5. The van der Waals surface area contributed by atoms with Crippen molar-refractivity contribution in [1.82, 2.24) is 4.98 Å². The molecule has 1 aliphatic rings. The van der Waals surface area contributed by atoms with Gasteiger partial charge in [0.2, 0.25) is 0 Å². The lowest BCUT2D eigenvalue weighted by Crippen LogP contribution is -2.27. The Balaban J connectivity index is 1.88. The summed E-state index contributed by atoms with van der Waals surface area (Å²) in [6.45, 7) is 2.84. The van der Waals surface area contributed by atoms with Gasteiger partial charge < -0.3 is 4.74 Å². The second-order valence-electron chi connectivity index (χ2n) is 4.75. The summed E-state index contributed by atoms with van der Waals surface area (Å²) in [6.07, 6.45) is 6.78. The Bertz CT molecular complexity index is 356. The standard InChI is InChI=1S/C14H20ClNO/c1-2-11-6-3-4-8-13(11)17-10-12-7-5-9-14(15)16-12/h5,7,9,11,13H,2-4,6,8,10H2,1H3. The fourth-order valence-electron chi connectivity index (χ4n) is 2.58. The van der Waals surface area contributed by atoms with Crippen LogP contribution in [-0.4, -0.2) is 11.1 Å². The molecular formula is C14H20ClNO. The largest absolute Gasteiger partial charge is 0.372 e. The van der Waals surface area contributed by atoms with Crippen LogP contribution in [-0.2, 0) is 11.3 Å². The van der Waals surface area contributed by atoms with Gasteiger partial charge in [-0.3, -0.25) is 0 Å². The van der Waals surface area contributed by atoms with Crippen LogP contribution < -0.4 is 0 Å². The number of hydrogen-bond acceptors (Lipinski definition) is 2. The van der Waals surface area contributed by atoms with Gasteiger partial charge in [-0.1, -0.05) is 43.9 Å². The van der Waals surface area contributed by atoms with Crippen LogP contribution in [0.5, 0.6) is 0 Å². The van der Waals surface area contributed by atoms with Crippen molar-refractivity contribution in [3.05, 3.63) is 29.0 Å². The van der Waals surface area contributed by atoms with Gasteiger partial charge in [0.15, 0.2) is 0 Å². The monoisotopic (exact) mass is 253 g/mol. The average molecular weight is 254 g/mol. The van der Waals surface area contributed by atoms with Crippen LogP contribution in [0.25, 0.3) is 0 Å². The Morgan fingerprint density at radius 2 is 2.18 bits per heavy atom. The number of hydrogen-bond donors (Lipinski definition) is 0. The Morgan fingerprint density at radius 3 is 2.94 bits per heavy atom. The Labute approximate surface area is 108 Å². The molecular weight excluding hydrogens is 234 g/mol. The molecule has 0 amide bonds. The molecule has 2 rings (SSSR count). The fourth-order valence-corrected chi connectivity index (χ4v) is 2.76. The first-order chi connectivity index (χ1) is 8.29. The van der Waals surface area contributed by atoms with Gasteiger partial charge in [-0.2, -0.15) is 0 Å². The molecule has 0 aromatic carbocycles. The molecule has 0 N–H and O–H groups in total. The molecule has 2 unspecified atom stereocenters. The van der Waals surface area contributed by atoms with E-state index in [4.69, 9.17) is 16.3 Å². The normalized spacial score (nSPS) is 24.8. The molecule has 1 saturated carbocycles. The number of rotatable bonds is 4. The van der Waals surface area contributed by atoms with Crippen LogP contribution in [0.4, 0.5) is 0 Å². The Morgan fingerprint density at radius 1 is 1.35 bits per heavy atom. The van der Waals surface area contributed by atoms with Crippen molar-refractivity contribution in [3.63, 3.8) is 0 Å². The van der Waals surface area contributed by atoms with Crippen molar-refractivity contribution in [2.75, 3.05) is 0 Å². The van der Waals surface area contributed by atoms with Gasteiger partial charge in [-0.05, 0) is 30.9 Å². The van der Waals surface area contributed by atoms with Crippen molar-refractivity contribution in [2.45, 2.75) is 51.7 Å². The first kappa shape index (κ1) is 12.8. The topological polar surface area (TPSA) is 22.1 Å². The van der Waals surface area contributed by atoms with E-state index < -0.39 is 0 Å². The SMILES string of the molecule is CCC1CCCCC1OCc1cccc(Cl)n1. The lowest BCUT2D eigenvalue weighted by Gasteiger charge is -2.30. The van der Waals surface area contributed by atoms with Gasteiger partial charge >= 0.3 is 0 Å². The summed E-state index contributed by atoms with van der Waals surface area (Å²) in [7, 11) is 0. The fraction of sp³-hybridized carbons (Fsp3) is 0.643. The molecule has 2 atom stereocenters. The molecule has 0 saturated heterocycles. The summed E-state index contributed by atoms with van der Waals surface area (Å²) in [5, 5.41) is 0.543. The zero-order valence-electron chi connectivity index (χ0n) is 10.4. The Hall–Kier alpha value is -0.600. The number of nitrogens with zero attached hydrogens (tertiary/aromatic N) is 1. The molecule has 1 aliphatic carbocycles. The quantitative estimate of drug-likeness (QED) is 0.750. The third kappa shape index (κ3) is 3.68. The highest BCUT2D eigenvalue weighted by molar-refractivity contribution is 6.29. The van der Waals surface area contributed by atoms with E-state index >= 15 is 0 Å². The molecule has 0 spiro atoms. The predicted molar refractivity (Wildman–Crippen MR) is 70.1 cm³/mol. The predicted octanol–water partition coefficient (Wildman–Crippen LogP) is 4.22. The van der Waals surface area contributed by atoms with Gasteiger partial charge in [0.1, 0.15) is 5.15 Å². The second kappa shape index (κ2) is 6.36. The van der Waals surface area contributed by atoms with Crippen molar-refractivity contribution < 1.29 is 4.74 Å². The molecule has 1 heterocycles. The molecule has 0 radical (unpaired) electrons. The van der Waals surface area contributed by atoms with Crippen LogP contribution in [0.3, 0.4) is 0 Å². The maximum absolute atomic E-state index is 6.01. The Kier molecular flexibility index (Phi) is 4.81. The van der Waals surface area contributed by atoms with Crippen molar-refractivity contribution in [3.8, 4) is 0 Å². The molecule has 1 fully saturated rings. The molecule has 0 bridgehead atoms. The minimum atomic E-state index is 0.412. The first-order valence-electron chi connectivity index (χ1n) is 6.52. The summed E-state index contributed by atoms with van der Waals surface area (Å²) in [4.78, 5) is 4.25. The lowest BCUT2D eigenvalue weighted by atomic mass is 9.85. The highest BCUT2D eigenvalue weighted by Crippen LogP contribution is 2.29. The first-order valence-corrected chi connectivity index (χ1v) is 6.90. The van der Waals surface area contributed by atoms with E-state index in [2.05, 4.69) is 11.9 Å². The zero-order valence-corrected chi connectivity index (χ0v) is 11.1. The van der Waals surface area contributed by atoms with Crippen LogP contribution >= 0.6 is 11.6 Å².